The Labute approximate surface area is 124 Å². The lowest BCUT2D eigenvalue weighted by atomic mass is 10.1. The highest BCUT2D eigenvalue weighted by atomic mass is 16.5. The number of nitrogens with zero attached hydrogens (tertiary/aromatic N) is 3. The summed E-state index contributed by atoms with van der Waals surface area (Å²) in [7, 11) is 0. The molecule has 1 unspecified atom stereocenters. The molecule has 3 heterocycles. The number of ether oxygens (including phenoxy) is 1. The molecule has 5 nitrogen and oxygen atoms in total. The van der Waals surface area contributed by atoms with Crippen molar-refractivity contribution in [3.05, 3.63) is 48.4 Å². The van der Waals surface area contributed by atoms with Gasteiger partial charge in [0.05, 0.1) is 24.5 Å². The molecule has 1 fully saturated rings. The summed E-state index contributed by atoms with van der Waals surface area (Å²) in [5, 5.41) is 9.15. The average molecular weight is 285 g/mol. The molecular formula is C16H19N3O2. The van der Waals surface area contributed by atoms with E-state index in [1.807, 2.05) is 30.3 Å². The molecule has 0 amide bonds. The lowest BCUT2D eigenvalue weighted by Crippen LogP contribution is -2.26. The van der Waals surface area contributed by atoms with E-state index in [0.717, 1.165) is 25.1 Å². The van der Waals surface area contributed by atoms with Gasteiger partial charge in [0.1, 0.15) is 5.75 Å². The van der Waals surface area contributed by atoms with Gasteiger partial charge >= 0.3 is 0 Å². The summed E-state index contributed by atoms with van der Waals surface area (Å²) in [4.78, 5) is 10.9. The highest BCUT2D eigenvalue weighted by Gasteiger charge is 2.26. The minimum atomic E-state index is 0.183. The van der Waals surface area contributed by atoms with Crippen molar-refractivity contribution in [3.8, 4) is 11.6 Å². The first-order chi connectivity index (χ1) is 10.4. The second kappa shape index (κ2) is 6.65. The number of aliphatic hydroxyl groups excluding tert-OH is 1. The molecule has 1 saturated heterocycles. The van der Waals surface area contributed by atoms with Crippen molar-refractivity contribution in [2.24, 2.45) is 0 Å². The van der Waals surface area contributed by atoms with E-state index in [-0.39, 0.29) is 12.6 Å². The average Bonchev–Trinajstić information content (AvgIpc) is 2.97. The van der Waals surface area contributed by atoms with Crippen LogP contribution in [0.5, 0.6) is 11.6 Å². The zero-order valence-corrected chi connectivity index (χ0v) is 11.9. The van der Waals surface area contributed by atoms with Crippen molar-refractivity contribution in [2.45, 2.75) is 18.9 Å². The molecular weight excluding hydrogens is 266 g/mol. The maximum atomic E-state index is 9.15. The van der Waals surface area contributed by atoms with Crippen LogP contribution in [0.25, 0.3) is 0 Å². The lowest BCUT2D eigenvalue weighted by molar-refractivity contribution is 0.183. The van der Waals surface area contributed by atoms with Gasteiger partial charge in [-0.1, -0.05) is 6.07 Å². The number of aromatic nitrogens is 2. The molecule has 3 rings (SSSR count). The van der Waals surface area contributed by atoms with Crippen LogP contribution in [0, 0.1) is 0 Å². The molecule has 1 N–H and O–H groups in total. The Balaban J connectivity index is 1.77. The fraction of sp³-hybridized carbons (Fsp3) is 0.375. The molecule has 2 aromatic rings. The van der Waals surface area contributed by atoms with Crippen molar-refractivity contribution >= 4 is 0 Å². The van der Waals surface area contributed by atoms with Gasteiger partial charge in [-0.2, -0.15) is 0 Å². The maximum Gasteiger partial charge on any atom is 0.219 e. The van der Waals surface area contributed by atoms with E-state index in [4.69, 9.17) is 9.84 Å². The topological polar surface area (TPSA) is 58.5 Å². The first kappa shape index (κ1) is 14.0. The first-order valence-electron chi connectivity index (χ1n) is 7.26. The molecule has 0 bridgehead atoms. The maximum absolute atomic E-state index is 9.15. The molecule has 0 spiro atoms. The molecule has 0 radical (unpaired) electrons. The molecule has 1 atom stereocenters. The highest BCUT2D eigenvalue weighted by molar-refractivity contribution is 5.25. The predicted octanol–water partition coefficient (Wildman–Crippen LogP) is 2.40. The van der Waals surface area contributed by atoms with E-state index in [0.29, 0.717) is 18.2 Å². The van der Waals surface area contributed by atoms with Gasteiger partial charge in [-0.15, -0.1) is 0 Å². The van der Waals surface area contributed by atoms with Gasteiger partial charge in [-0.05, 0) is 37.6 Å². The third kappa shape index (κ3) is 3.37. The Morgan fingerprint density at radius 2 is 2.24 bits per heavy atom. The van der Waals surface area contributed by atoms with Crippen LogP contribution in [-0.2, 0) is 0 Å². The summed E-state index contributed by atoms with van der Waals surface area (Å²) >= 11 is 0. The van der Waals surface area contributed by atoms with Crippen molar-refractivity contribution in [3.63, 3.8) is 0 Å². The third-order valence-corrected chi connectivity index (χ3v) is 3.69. The predicted molar refractivity (Wildman–Crippen MR) is 79.2 cm³/mol. The van der Waals surface area contributed by atoms with Gasteiger partial charge in [-0.3, -0.25) is 9.88 Å². The van der Waals surface area contributed by atoms with E-state index in [1.54, 1.807) is 12.4 Å². The molecule has 21 heavy (non-hydrogen) atoms. The molecule has 5 heteroatoms. The summed E-state index contributed by atoms with van der Waals surface area (Å²) in [5.41, 5.74) is 1.00. The summed E-state index contributed by atoms with van der Waals surface area (Å²) in [5.74, 6) is 1.26. The van der Waals surface area contributed by atoms with Gasteiger partial charge in [0.2, 0.25) is 5.88 Å². The normalized spacial score (nSPS) is 18.8. The molecule has 110 valence electrons. The Kier molecular flexibility index (Phi) is 4.43. The fourth-order valence-corrected chi connectivity index (χ4v) is 2.76. The molecule has 0 aromatic carbocycles. The summed E-state index contributed by atoms with van der Waals surface area (Å²) in [6.07, 6.45) is 5.59. The summed E-state index contributed by atoms with van der Waals surface area (Å²) in [6.45, 7) is 1.89. The SMILES string of the molecule is OCCN1CCCC1c1cccc(Oc2cccnc2)n1. The van der Waals surface area contributed by atoms with Crippen LogP contribution in [0.1, 0.15) is 24.6 Å². The van der Waals surface area contributed by atoms with Crippen LogP contribution in [0.4, 0.5) is 0 Å². The number of hydrogen-bond acceptors (Lipinski definition) is 5. The number of hydrogen-bond donors (Lipinski definition) is 1. The zero-order chi connectivity index (χ0) is 14.5. The lowest BCUT2D eigenvalue weighted by Gasteiger charge is -2.23. The van der Waals surface area contributed by atoms with Gasteiger partial charge in [0, 0.05) is 18.8 Å². The Morgan fingerprint density at radius 3 is 3.05 bits per heavy atom. The third-order valence-electron chi connectivity index (χ3n) is 3.69. The summed E-state index contributed by atoms with van der Waals surface area (Å²) < 4.78 is 5.73. The number of β-amino-alcohol motifs (C(OH)–C–C–N with tert-alkyl or cyclic N) is 1. The Hall–Kier alpha value is -1.98. The Bertz CT molecular complexity index is 577. The van der Waals surface area contributed by atoms with Crippen molar-refractivity contribution < 1.29 is 9.84 Å². The van der Waals surface area contributed by atoms with Crippen molar-refractivity contribution in [2.75, 3.05) is 19.7 Å². The van der Waals surface area contributed by atoms with Gasteiger partial charge in [-0.25, -0.2) is 4.98 Å². The quantitative estimate of drug-likeness (QED) is 0.914. The number of likely N-dealkylation sites (tertiary alicyclic amines) is 1. The van der Waals surface area contributed by atoms with Crippen LogP contribution in [0.2, 0.25) is 0 Å². The minimum absolute atomic E-state index is 0.183. The standard InChI is InChI=1S/C16H19N3O2/c20-11-10-19-9-3-6-15(19)14-5-1-7-16(18-14)21-13-4-2-8-17-12-13/h1-2,4-5,7-8,12,15,20H,3,6,9-11H2. The summed E-state index contributed by atoms with van der Waals surface area (Å²) in [6, 6.07) is 9.80. The fourth-order valence-electron chi connectivity index (χ4n) is 2.76. The van der Waals surface area contributed by atoms with Crippen LogP contribution in [0.3, 0.4) is 0 Å². The molecule has 0 aliphatic carbocycles. The Morgan fingerprint density at radius 1 is 1.29 bits per heavy atom. The largest absolute Gasteiger partial charge is 0.437 e. The smallest absolute Gasteiger partial charge is 0.219 e. The van der Waals surface area contributed by atoms with E-state index in [2.05, 4.69) is 14.9 Å². The second-order valence-electron chi connectivity index (χ2n) is 5.11. The van der Waals surface area contributed by atoms with Gasteiger partial charge in [0.25, 0.3) is 0 Å². The van der Waals surface area contributed by atoms with Crippen molar-refractivity contribution in [1.29, 1.82) is 0 Å². The van der Waals surface area contributed by atoms with E-state index >= 15 is 0 Å². The van der Waals surface area contributed by atoms with Gasteiger partial charge < -0.3 is 9.84 Å². The molecule has 1 aliphatic rings. The van der Waals surface area contributed by atoms with E-state index in [9.17, 15) is 0 Å². The highest BCUT2D eigenvalue weighted by Crippen LogP contribution is 2.31. The van der Waals surface area contributed by atoms with Crippen LogP contribution in [0.15, 0.2) is 42.7 Å². The molecule has 1 aliphatic heterocycles. The minimum Gasteiger partial charge on any atom is -0.437 e. The number of rotatable bonds is 5. The van der Waals surface area contributed by atoms with Gasteiger partial charge in [0.15, 0.2) is 0 Å². The molecule has 0 saturated carbocycles. The second-order valence-corrected chi connectivity index (χ2v) is 5.11. The van der Waals surface area contributed by atoms with Crippen LogP contribution < -0.4 is 4.74 Å². The zero-order valence-electron chi connectivity index (χ0n) is 11.9. The molecule has 2 aromatic heterocycles. The van der Waals surface area contributed by atoms with Crippen molar-refractivity contribution in [1.82, 2.24) is 14.9 Å². The number of aliphatic hydroxyl groups is 1. The van der Waals surface area contributed by atoms with Crippen LogP contribution in [-0.4, -0.2) is 39.7 Å². The van der Waals surface area contributed by atoms with E-state index < -0.39 is 0 Å². The number of pyridine rings is 2. The van der Waals surface area contributed by atoms with Crippen LogP contribution >= 0.6 is 0 Å². The first-order valence-corrected chi connectivity index (χ1v) is 7.26. The monoisotopic (exact) mass is 285 g/mol. The van der Waals surface area contributed by atoms with E-state index in [1.165, 1.54) is 0 Å².